The predicted molar refractivity (Wildman–Crippen MR) is 102 cm³/mol. The van der Waals surface area contributed by atoms with Gasteiger partial charge in [0.25, 0.3) is 0 Å². The van der Waals surface area contributed by atoms with Gasteiger partial charge >= 0.3 is 6.18 Å². The van der Waals surface area contributed by atoms with Gasteiger partial charge in [-0.2, -0.15) is 13.2 Å². The van der Waals surface area contributed by atoms with Crippen LogP contribution in [0.3, 0.4) is 0 Å². The first-order valence-electron chi connectivity index (χ1n) is 9.29. The van der Waals surface area contributed by atoms with Crippen LogP contribution in [0.1, 0.15) is 35.6 Å². The van der Waals surface area contributed by atoms with E-state index in [9.17, 15) is 22.8 Å². The topological polar surface area (TPSA) is 58.2 Å². The maximum Gasteiger partial charge on any atom is 0.408 e. The van der Waals surface area contributed by atoms with E-state index in [1.165, 1.54) is 0 Å². The van der Waals surface area contributed by atoms with Crippen LogP contribution < -0.4 is 10.6 Å². The molecule has 0 aromatic heterocycles. The highest BCUT2D eigenvalue weighted by Crippen LogP contribution is 2.45. The van der Waals surface area contributed by atoms with E-state index in [1.54, 1.807) is 11.8 Å². The Kier molecular flexibility index (Phi) is 5.06. The molecule has 1 saturated heterocycles. The van der Waals surface area contributed by atoms with E-state index in [-0.39, 0.29) is 12.8 Å². The van der Waals surface area contributed by atoms with Gasteiger partial charge in [0.05, 0.1) is 6.04 Å². The molecule has 4 nitrogen and oxygen atoms in total. The van der Waals surface area contributed by atoms with E-state index in [0.29, 0.717) is 0 Å². The highest BCUT2D eigenvalue weighted by molar-refractivity contribution is 7.99. The smallest absolute Gasteiger partial charge is 0.344 e. The molecule has 2 heterocycles. The van der Waals surface area contributed by atoms with Crippen LogP contribution >= 0.6 is 11.8 Å². The van der Waals surface area contributed by atoms with Gasteiger partial charge in [-0.3, -0.25) is 9.59 Å². The van der Waals surface area contributed by atoms with Crippen LogP contribution in [0.25, 0.3) is 0 Å². The van der Waals surface area contributed by atoms with E-state index < -0.39 is 36.0 Å². The van der Waals surface area contributed by atoms with Crippen LogP contribution in [0, 0.1) is 12.8 Å². The number of nitrogens with one attached hydrogen (secondary N) is 2. The third kappa shape index (κ3) is 3.85. The highest BCUT2D eigenvalue weighted by Gasteiger charge is 2.46. The molecule has 3 atom stereocenters. The van der Waals surface area contributed by atoms with Gasteiger partial charge in [0.1, 0.15) is 12.0 Å². The van der Waals surface area contributed by atoms with Gasteiger partial charge in [-0.1, -0.05) is 47.7 Å². The number of hydrogen-bond donors (Lipinski definition) is 2. The van der Waals surface area contributed by atoms with Gasteiger partial charge in [-0.25, -0.2) is 0 Å². The molecule has 2 aliphatic rings. The summed E-state index contributed by atoms with van der Waals surface area (Å²) < 4.78 is 38.6. The second kappa shape index (κ2) is 7.40. The molecule has 152 valence electrons. The van der Waals surface area contributed by atoms with Crippen molar-refractivity contribution in [3.8, 4) is 0 Å². The summed E-state index contributed by atoms with van der Waals surface area (Å²) in [4.78, 5) is 27.1. The minimum atomic E-state index is -4.51. The Hall–Kier alpha value is -2.48. The van der Waals surface area contributed by atoms with Crippen molar-refractivity contribution in [2.75, 3.05) is 0 Å². The monoisotopic (exact) mass is 420 g/mol. The lowest BCUT2D eigenvalue weighted by Crippen LogP contribution is -2.54. The predicted octanol–water partition coefficient (Wildman–Crippen LogP) is 4.12. The fourth-order valence-corrected chi connectivity index (χ4v) is 4.91. The summed E-state index contributed by atoms with van der Waals surface area (Å²) in [6.45, 7) is 1.95. The Balaban J connectivity index is 1.59. The first-order valence-corrected chi connectivity index (χ1v) is 10.1. The van der Waals surface area contributed by atoms with Crippen LogP contribution in [-0.2, 0) is 9.59 Å². The molecule has 2 N–H and O–H groups in total. The number of hydrogen-bond acceptors (Lipinski definition) is 3. The van der Waals surface area contributed by atoms with Crippen molar-refractivity contribution in [3.05, 3.63) is 59.2 Å². The summed E-state index contributed by atoms with van der Waals surface area (Å²) in [6, 6.07) is 11.3. The molecule has 0 radical (unpaired) electrons. The number of aryl methyl sites for hydroxylation is 1. The fraction of sp³-hybridized carbons (Fsp3) is 0.333. The summed E-state index contributed by atoms with van der Waals surface area (Å²) in [5.41, 5.74) is 2.87. The van der Waals surface area contributed by atoms with E-state index in [4.69, 9.17) is 0 Å². The number of carbonyl (C=O) groups excluding carboxylic acids is 2. The van der Waals surface area contributed by atoms with Gasteiger partial charge in [0, 0.05) is 9.79 Å². The Morgan fingerprint density at radius 1 is 1.10 bits per heavy atom. The first-order chi connectivity index (χ1) is 13.7. The van der Waals surface area contributed by atoms with Crippen LogP contribution in [0.5, 0.6) is 0 Å². The average Bonchev–Trinajstić information content (AvgIpc) is 2.67. The maximum absolute atomic E-state index is 12.9. The summed E-state index contributed by atoms with van der Waals surface area (Å²) in [7, 11) is 0. The molecule has 2 aromatic rings. The molecule has 3 unspecified atom stereocenters. The van der Waals surface area contributed by atoms with Crippen molar-refractivity contribution in [1.82, 2.24) is 10.6 Å². The van der Waals surface area contributed by atoms with E-state index in [1.807, 2.05) is 54.7 Å². The summed E-state index contributed by atoms with van der Waals surface area (Å²) in [6.07, 6.45) is -4.95. The molecule has 29 heavy (non-hydrogen) atoms. The zero-order valence-corrected chi connectivity index (χ0v) is 16.4. The van der Waals surface area contributed by atoms with Gasteiger partial charge in [0.2, 0.25) is 11.8 Å². The second-order valence-electron chi connectivity index (χ2n) is 7.36. The lowest BCUT2D eigenvalue weighted by atomic mass is 9.91. The Morgan fingerprint density at radius 3 is 2.55 bits per heavy atom. The van der Waals surface area contributed by atoms with Crippen LogP contribution in [0.4, 0.5) is 13.2 Å². The van der Waals surface area contributed by atoms with Gasteiger partial charge < -0.3 is 10.6 Å². The summed E-state index contributed by atoms with van der Waals surface area (Å²) in [5, 5.41) is 4.86. The second-order valence-corrected chi connectivity index (χ2v) is 8.44. The molecule has 8 heteroatoms. The quantitative estimate of drug-likeness (QED) is 0.719. The molecule has 0 bridgehead atoms. The van der Waals surface area contributed by atoms with Crippen molar-refractivity contribution < 1.29 is 22.8 Å². The number of amides is 2. The Morgan fingerprint density at radius 2 is 1.83 bits per heavy atom. The van der Waals surface area contributed by atoms with E-state index in [2.05, 4.69) is 5.32 Å². The SMILES string of the molecule is Cc1ccc2c(c1)C(NC(=O)C1CCC(C(F)(F)F)NC1=O)c1ccccc1S2. The van der Waals surface area contributed by atoms with Crippen LogP contribution in [0.2, 0.25) is 0 Å². The fourth-order valence-electron chi connectivity index (χ4n) is 3.79. The molecule has 1 fully saturated rings. The molecule has 0 spiro atoms. The third-order valence-electron chi connectivity index (χ3n) is 5.30. The number of halogens is 3. The third-order valence-corrected chi connectivity index (χ3v) is 6.48. The molecule has 2 amide bonds. The van der Waals surface area contributed by atoms with E-state index >= 15 is 0 Å². The zero-order valence-electron chi connectivity index (χ0n) is 15.5. The average molecular weight is 420 g/mol. The van der Waals surface area contributed by atoms with Crippen molar-refractivity contribution >= 4 is 23.6 Å². The number of rotatable bonds is 2. The highest BCUT2D eigenvalue weighted by atomic mass is 32.2. The number of alkyl halides is 3. The lowest BCUT2D eigenvalue weighted by molar-refractivity contribution is -0.171. The Labute approximate surface area is 170 Å². The zero-order chi connectivity index (χ0) is 20.8. The molecular weight excluding hydrogens is 401 g/mol. The van der Waals surface area contributed by atoms with Gasteiger partial charge in [-0.05, 0) is 43.0 Å². The summed E-state index contributed by atoms with van der Waals surface area (Å²) >= 11 is 1.61. The van der Waals surface area contributed by atoms with Gasteiger partial charge in [-0.15, -0.1) is 0 Å². The maximum atomic E-state index is 12.9. The van der Waals surface area contributed by atoms with Gasteiger partial charge in [0.15, 0.2) is 0 Å². The normalized spacial score (nSPS) is 23.6. The molecule has 2 aliphatic heterocycles. The number of carbonyl (C=O) groups is 2. The van der Waals surface area contributed by atoms with Crippen molar-refractivity contribution in [1.29, 1.82) is 0 Å². The molecule has 2 aromatic carbocycles. The van der Waals surface area contributed by atoms with E-state index in [0.717, 1.165) is 26.5 Å². The van der Waals surface area contributed by atoms with Crippen molar-refractivity contribution in [3.63, 3.8) is 0 Å². The molecule has 0 saturated carbocycles. The first kappa shape index (κ1) is 19.8. The number of piperidine rings is 1. The van der Waals surface area contributed by atoms with Crippen LogP contribution in [0.15, 0.2) is 52.3 Å². The Bertz CT molecular complexity index is 977. The van der Waals surface area contributed by atoms with Crippen molar-refractivity contribution in [2.45, 2.75) is 47.8 Å². The minimum Gasteiger partial charge on any atom is -0.344 e. The molecular formula is C21H19F3N2O2S. The minimum absolute atomic E-state index is 0.133. The molecule has 0 aliphatic carbocycles. The molecule has 4 rings (SSSR count). The standard InChI is InChI=1S/C21H19F3N2O2S/c1-11-6-8-16-14(10-11)18(12-4-2-3-5-15(12)29-16)26-20(28)13-7-9-17(21(22,23)24)25-19(13)27/h2-6,8,10,13,17-18H,7,9H2,1H3,(H,25,27)(H,26,28). The largest absolute Gasteiger partial charge is 0.408 e. The number of fused-ring (bicyclic) bond motifs is 2. The van der Waals surface area contributed by atoms with Crippen LogP contribution in [-0.4, -0.2) is 24.0 Å². The lowest BCUT2D eigenvalue weighted by Gasteiger charge is -2.33. The number of benzene rings is 2. The van der Waals surface area contributed by atoms with Crippen molar-refractivity contribution in [2.24, 2.45) is 5.92 Å². The summed E-state index contributed by atoms with van der Waals surface area (Å²) in [5.74, 6) is -2.56.